The lowest BCUT2D eigenvalue weighted by atomic mass is 9.87. The van der Waals surface area contributed by atoms with Crippen molar-refractivity contribution in [2.24, 2.45) is 11.3 Å². The minimum Gasteiger partial charge on any atom is -0.329 e. The lowest BCUT2D eigenvalue weighted by molar-refractivity contribution is 0.246. The summed E-state index contributed by atoms with van der Waals surface area (Å²) in [5.74, 6) is 5.64. The molecule has 1 heterocycles. The van der Waals surface area contributed by atoms with Crippen LogP contribution in [0.15, 0.2) is 30.6 Å². The summed E-state index contributed by atoms with van der Waals surface area (Å²) < 4.78 is 2.14. The highest BCUT2D eigenvalue weighted by molar-refractivity contribution is 5.74. The maximum Gasteiger partial charge on any atom is 0.0958 e. The van der Waals surface area contributed by atoms with Crippen molar-refractivity contribution in [2.45, 2.75) is 33.4 Å². The summed E-state index contributed by atoms with van der Waals surface area (Å²) in [6.07, 6.45) is 1.88. The molecule has 0 spiro atoms. The van der Waals surface area contributed by atoms with E-state index in [9.17, 15) is 0 Å². The molecule has 0 saturated carbocycles. The average Bonchev–Trinajstić information content (AvgIpc) is 2.67. The molecule has 17 heavy (non-hydrogen) atoms. The van der Waals surface area contributed by atoms with Crippen LogP contribution in [-0.2, 0) is 6.54 Å². The number of hydrazine groups is 1. The van der Waals surface area contributed by atoms with Crippen molar-refractivity contribution in [2.75, 3.05) is 0 Å². The molecule has 3 N–H and O–H groups in total. The molecule has 92 valence electrons. The molecule has 0 aliphatic carbocycles. The van der Waals surface area contributed by atoms with Gasteiger partial charge >= 0.3 is 0 Å². The third-order valence-corrected chi connectivity index (χ3v) is 3.15. The first-order valence-corrected chi connectivity index (χ1v) is 5.88. The van der Waals surface area contributed by atoms with E-state index in [1.165, 1.54) is 0 Å². The van der Waals surface area contributed by atoms with E-state index >= 15 is 0 Å². The molecular formula is C13H20N4. The molecule has 0 bridgehead atoms. The van der Waals surface area contributed by atoms with Crippen LogP contribution < -0.4 is 11.3 Å². The van der Waals surface area contributed by atoms with Crippen LogP contribution in [0.3, 0.4) is 0 Å². The Hall–Kier alpha value is -1.39. The fraction of sp³-hybridized carbons (Fsp3) is 0.462. The number of benzene rings is 1. The maximum atomic E-state index is 5.64. The minimum atomic E-state index is 0.111. The average molecular weight is 232 g/mol. The van der Waals surface area contributed by atoms with Gasteiger partial charge in [0.25, 0.3) is 0 Å². The molecule has 4 heteroatoms. The number of para-hydroxylation sites is 2. The summed E-state index contributed by atoms with van der Waals surface area (Å²) >= 11 is 0. The second-order valence-electron chi connectivity index (χ2n) is 5.47. The Morgan fingerprint density at radius 1 is 1.35 bits per heavy atom. The molecule has 4 nitrogen and oxygen atoms in total. The van der Waals surface area contributed by atoms with Gasteiger partial charge in [0.1, 0.15) is 0 Å². The molecule has 1 aromatic heterocycles. The third kappa shape index (κ3) is 2.48. The Bertz CT molecular complexity index is 495. The number of rotatable bonds is 3. The van der Waals surface area contributed by atoms with Gasteiger partial charge in [0.2, 0.25) is 0 Å². The topological polar surface area (TPSA) is 55.9 Å². The molecule has 0 fully saturated rings. The Labute approximate surface area is 102 Å². The molecule has 0 saturated heterocycles. The zero-order valence-corrected chi connectivity index (χ0v) is 10.6. The second kappa shape index (κ2) is 4.47. The second-order valence-corrected chi connectivity index (χ2v) is 5.47. The number of nitrogens with two attached hydrogens (primary N) is 1. The number of imidazole rings is 1. The molecule has 1 aromatic carbocycles. The first kappa shape index (κ1) is 12.1. The van der Waals surface area contributed by atoms with Crippen molar-refractivity contribution in [1.82, 2.24) is 15.0 Å². The van der Waals surface area contributed by atoms with Crippen molar-refractivity contribution in [3.63, 3.8) is 0 Å². The smallest absolute Gasteiger partial charge is 0.0958 e. The van der Waals surface area contributed by atoms with Gasteiger partial charge in [-0.2, -0.15) is 0 Å². The zero-order valence-electron chi connectivity index (χ0n) is 10.6. The summed E-state index contributed by atoms with van der Waals surface area (Å²) in [6.45, 7) is 7.35. The van der Waals surface area contributed by atoms with Gasteiger partial charge < -0.3 is 4.57 Å². The highest BCUT2D eigenvalue weighted by atomic mass is 15.3. The summed E-state index contributed by atoms with van der Waals surface area (Å²) in [7, 11) is 0. The monoisotopic (exact) mass is 232 g/mol. The first-order chi connectivity index (χ1) is 8.02. The standard InChI is InChI=1S/C13H20N4/c1-13(2,3)12(16-14)8-17-9-15-10-6-4-5-7-11(10)17/h4-7,9,12,16H,8,14H2,1-3H3. The molecule has 0 radical (unpaired) electrons. The van der Waals surface area contributed by atoms with E-state index in [0.717, 1.165) is 17.6 Å². The molecule has 0 aliphatic rings. The highest BCUT2D eigenvalue weighted by Gasteiger charge is 2.24. The molecule has 0 amide bonds. The lowest BCUT2D eigenvalue weighted by Crippen LogP contribution is -2.46. The number of nitrogens with zero attached hydrogens (tertiary/aromatic N) is 2. The molecule has 0 aliphatic heterocycles. The fourth-order valence-electron chi connectivity index (χ4n) is 1.93. The SMILES string of the molecule is CC(C)(C)C(Cn1cnc2ccccc21)NN. The van der Waals surface area contributed by atoms with Crippen LogP contribution in [0.25, 0.3) is 11.0 Å². The molecule has 1 atom stereocenters. The number of hydrogen-bond donors (Lipinski definition) is 2. The fourth-order valence-corrected chi connectivity index (χ4v) is 1.93. The van der Waals surface area contributed by atoms with Gasteiger partial charge in [-0.1, -0.05) is 32.9 Å². The maximum absolute atomic E-state index is 5.64. The Balaban J connectivity index is 2.29. The molecule has 1 unspecified atom stereocenters. The van der Waals surface area contributed by atoms with Crippen molar-refractivity contribution < 1.29 is 0 Å². The van der Waals surface area contributed by atoms with E-state index in [0.29, 0.717) is 0 Å². The minimum absolute atomic E-state index is 0.111. The first-order valence-electron chi connectivity index (χ1n) is 5.88. The number of hydrogen-bond acceptors (Lipinski definition) is 3. The summed E-state index contributed by atoms with van der Waals surface area (Å²) in [4.78, 5) is 4.38. The Morgan fingerprint density at radius 2 is 2.06 bits per heavy atom. The summed E-state index contributed by atoms with van der Waals surface area (Å²) in [6, 6.07) is 8.34. The quantitative estimate of drug-likeness (QED) is 0.628. The third-order valence-electron chi connectivity index (χ3n) is 3.15. The largest absolute Gasteiger partial charge is 0.329 e. The number of aromatic nitrogens is 2. The van der Waals surface area contributed by atoms with Crippen molar-refractivity contribution in [1.29, 1.82) is 0 Å². The van der Waals surface area contributed by atoms with Crippen molar-refractivity contribution >= 4 is 11.0 Å². The van der Waals surface area contributed by atoms with Crippen LogP contribution in [-0.4, -0.2) is 15.6 Å². The van der Waals surface area contributed by atoms with Gasteiger partial charge in [-0.05, 0) is 17.5 Å². The lowest BCUT2D eigenvalue weighted by Gasteiger charge is -2.30. The van der Waals surface area contributed by atoms with Gasteiger partial charge in [0.15, 0.2) is 0 Å². The van der Waals surface area contributed by atoms with Crippen LogP contribution in [0.2, 0.25) is 0 Å². The molecule has 2 rings (SSSR count). The zero-order chi connectivity index (χ0) is 12.5. The van der Waals surface area contributed by atoms with E-state index in [1.54, 1.807) is 0 Å². The van der Waals surface area contributed by atoms with Gasteiger partial charge in [0, 0.05) is 12.6 Å². The Morgan fingerprint density at radius 3 is 2.71 bits per heavy atom. The number of nitrogens with one attached hydrogen (secondary N) is 1. The summed E-state index contributed by atoms with van der Waals surface area (Å²) in [5, 5.41) is 0. The van der Waals surface area contributed by atoms with Gasteiger partial charge in [-0.15, -0.1) is 0 Å². The van der Waals surface area contributed by atoms with Gasteiger partial charge in [-0.25, -0.2) is 4.98 Å². The predicted octanol–water partition coefficient (Wildman–Crippen LogP) is 1.91. The Kier molecular flexibility index (Phi) is 3.17. The summed E-state index contributed by atoms with van der Waals surface area (Å²) in [5.41, 5.74) is 5.18. The van der Waals surface area contributed by atoms with Crippen molar-refractivity contribution in [3.8, 4) is 0 Å². The van der Waals surface area contributed by atoms with Gasteiger partial charge in [-0.3, -0.25) is 11.3 Å². The highest BCUT2D eigenvalue weighted by Crippen LogP contribution is 2.21. The van der Waals surface area contributed by atoms with E-state index in [2.05, 4.69) is 41.8 Å². The molecule has 2 aromatic rings. The molecular weight excluding hydrogens is 212 g/mol. The van der Waals surface area contributed by atoms with Crippen molar-refractivity contribution in [3.05, 3.63) is 30.6 Å². The number of fused-ring (bicyclic) bond motifs is 1. The van der Waals surface area contributed by atoms with E-state index in [4.69, 9.17) is 5.84 Å². The van der Waals surface area contributed by atoms with Crippen LogP contribution in [0, 0.1) is 5.41 Å². The van der Waals surface area contributed by atoms with E-state index < -0.39 is 0 Å². The normalized spacial score (nSPS) is 14.1. The van der Waals surface area contributed by atoms with Crippen LogP contribution in [0.1, 0.15) is 20.8 Å². The van der Waals surface area contributed by atoms with E-state index in [1.807, 2.05) is 24.5 Å². The van der Waals surface area contributed by atoms with Crippen LogP contribution in [0.5, 0.6) is 0 Å². The van der Waals surface area contributed by atoms with Gasteiger partial charge in [0.05, 0.1) is 17.4 Å². The van der Waals surface area contributed by atoms with Crippen LogP contribution in [0.4, 0.5) is 0 Å². The predicted molar refractivity (Wildman–Crippen MR) is 70.3 cm³/mol. The van der Waals surface area contributed by atoms with Crippen LogP contribution >= 0.6 is 0 Å². The van der Waals surface area contributed by atoms with E-state index in [-0.39, 0.29) is 11.5 Å².